The second kappa shape index (κ2) is 9.86. The molecule has 1 heterocycles. The van der Waals surface area contributed by atoms with Crippen LogP contribution in [0.25, 0.3) is 0 Å². The minimum atomic E-state index is -3.62. The van der Waals surface area contributed by atoms with Gasteiger partial charge < -0.3 is 10.1 Å². The van der Waals surface area contributed by atoms with Crippen LogP contribution >= 0.6 is 0 Å². The largest absolute Gasteiger partial charge is 0.494 e. The maximum atomic E-state index is 12.8. The van der Waals surface area contributed by atoms with E-state index in [1.54, 1.807) is 18.2 Å². The van der Waals surface area contributed by atoms with E-state index in [1.807, 2.05) is 11.8 Å². The van der Waals surface area contributed by atoms with Crippen LogP contribution in [0.3, 0.4) is 0 Å². The number of hydrogen-bond acceptors (Lipinski definition) is 7. The molecule has 2 aromatic carbocycles. The van der Waals surface area contributed by atoms with Crippen LogP contribution in [0.15, 0.2) is 53.4 Å². The SMILES string of the molecule is CCOc1ccc(S(=O)(=O)N2CCN(CC(=O)Nc3cccc([N+](=O)[O-])c3)CC2)cc1. The number of nitro benzene ring substituents is 1. The minimum absolute atomic E-state index is 0.0691. The van der Waals surface area contributed by atoms with Crippen molar-refractivity contribution in [2.75, 3.05) is 44.6 Å². The van der Waals surface area contributed by atoms with Crippen molar-refractivity contribution in [1.29, 1.82) is 0 Å². The standard InChI is InChI=1S/C20H24N4O6S/c1-2-30-18-6-8-19(9-7-18)31(28,29)23-12-10-22(11-13-23)15-20(25)21-16-4-3-5-17(14-16)24(26)27/h3-9,14H,2,10-13,15H2,1H3,(H,21,25). The van der Waals surface area contributed by atoms with Crippen LogP contribution in [-0.2, 0) is 14.8 Å². The number of carbonyl (C=O) groups excluding carboxylic acids is 1. The Morgan fingerprint density at radius 3 is 2.42 bits per heavy atom. The van der Waals surface area contributed by atoms with Crippen molar-refractivity contribution in [3.63, 3.8) is 0 Å². The summed E-state index contributed by atoms with van der Waals surface area (Å²) in [4.78, 5) is 24.6. The Morgan fingerprint density at radius 1 is 1.13 bits per heavy atom. The Bertz CT molecular complexity index is 1030. The number of ether oxygens (including phenoxy) is 1. The third-order valence-electron chi connectivity index (χ3n) is 4.81. The van der Waals surface area contributed by atoms with E-state index in [1.165, 1.54) is 34.6 Å². The molecule has 10 nitrogen and oxygen atoms in total. The van der Waals surface area contributed by atoms with Gasteiger partial charge in [0.25, 0.3) is 5.69 Å². The second-order valence-corrected chi connectivity index (χ2v) is 8.88. The molecule has 2 aromatic rings. The molecule has 1 aliphatic rings. The highest BCUT2D eigenvalue weighted by atomic mass is 32.2. The van der Waals surface area contributed by atoms with E-state index in [9.17, 15) is 23.3 Å². The van der Waals surface area contributed by atoms with Gasteiger partial charge in [0, 0.05) is 44.0 Å². The third-order valence-corrected chi connectivity index (χ3v) is 6.72. The quantitative estimate of drug-likeness (QED) is 0.484. The van der Waals surface area contributed by atoms with Crippen molar-refractivity contribution in [2.24, 2.45) is 0 Å². The molecule has 1 aliphatic heterocycles. The Hall–Kier alpha value is -3.02. The Morgan fingerprint density at radius 2 is 1.81 bits per heavy atom. The number of rotatable bonds is 8. The molecule has 0 aliphatic carbocycles. The van der Waals surface area contributed by atoms with Crippen molar-refractivity contribution >= 4 is 27.3 Å². The molecular weight excluding hydrogens is 424 g/mol. The Labute approximate surface area is 180 Å². The summed E-state index contributed by atoms with van der Waals surface area (Å²) >= 11 is 0. The van der Waals surface area contributed by atoms with Crippen LogP contribution in [-0.4, -0.2) is 67.8 Å². The number of nitro groups is 1. The molecule has 0 unspecified atom stereocenters. The predicted molar refractivity (Wildman–Crippen MR) is 115 cm³/mol. The number of piperazine rings is 1. The predicted octanol–water partition coefficient (Wildman–Crippen LogP) is 1.94. The van der Waals surface area contributed by atoms with Gasteiger partial charge in [-0.25, -0.2) is 8.42 Å². The number of benzene rings is 2. The van der Waals surface area contributed by atoms with Gasteiger partial charge in [-0.15, -0.1) is 0 Å². The van der Waals surface area contributed by atoms with E-state index in [0.717, 1.165) is 0 Å². The highest BCUT2D eigenvalue weighted by Gasteiger charge is 2.29. The Balaban J connectivity index is 1.53. The number of non-ortho nitro benzene ring substituents is 1. The lowest BCUT2D eigenvalue weighted by Crippen LogP contribution is -2.50. The summed E-state index contributed by atoms with van der Waals surface area (Å²) in [5.74, 6) is 0.296. The number of anilines is 1. The fourth-order valence-corrected chi connectivity index (χ4v) is 4.67. The topological polar surface area (TPSA) is 122 Å². The van der Waals surface area contributed by atoms with Crippen molar-refractivity contribution < 1.29 is 22.9 Å². The first kappa shape index (κ1) is 22.7. The summed E-state index contributed by atoms with van der Waals surface area (Å²) in [7, 11) is -3.62. The molecule has 3 rings (SSSR count). The summed E-state index contributed by atoms with van der Waals surface area (Å²) in [5, 5.41) is 13.5. The molecule has 1 amide bonds. The van der Waals surface area contributed by atoms with Gasteiger partial charge in [0.1, 0.15) is 5.75 Å². The first-order valence-electron chi connectivity index (χ1n) is 9.79. The van der Waals surface area contributed by atoms with E-state index in [4.69, 9.17) is 4.74 Å². The van der Waals surface area contributed by atoms with Crippen LogP contribution in [0, 0.1) is 10.1 Å². The van der Waals surface area contributed by atoms with E-state index in [-0.39, 0.29) is 36.1 Å². The summed E-state index contributed by atoms with van der Waals surface area (Å²) in [6.45, 7) is 3.76. The zero-order valence-corrected chi connectivity index (χ0v) is 17.9. The number of sulfonamides is 1. The van der Waals surface area contributed by atoms with Gasteiger partial charge in [-0.05, 0) is 37.3 Å². The zero-order valence-electron chi connectivity index (χ0n) is 17.1. The van der Waals surface area contributed by atoms with E-state index >= 15 is 0 Å². The summed E-state index contributed by atoms with van der Waals surface area (Å²) in [5.41, 5.74) is 0.238. The third kappa shape index (κ3) is 5.78. The fourth-order valence-electron chi connectivity index (χ4n) is 3.25. The number of hydrogen-bond donors (Lipinski definition) is 1. The lowest BCUT2D eigenvalue weighted by atomic mass is 10.2. The van der Waals surface area contributed by atoms with E-state index in [2.05, 4.69) is 5.32 Å². The highest BCUT2D eigenvalue weighted by Crippen LogP contribution is 2.21. The second-order valence-electron chi connectivity index (χ2n) is 6.94. The van der Waals surface area contributed by atoms with Gasteiger partial charge in [0.15, 0.2) is 0 Å². The van der Waals surface area contributed by atoms with E-state index in [0.29, 0.717) is 31.1 Å². The number of nitrogens with one attached hydrogen (secondary N) is 1. The number of nitrogens with zero attached hydrogens (tertiary/aromatic N) is 3. The molecule has 0 atom stereocenters. The first-order valence-corrected chi connectivity index (χ1v) is 11.2. The number of amides is 1. The molecule has 0 saturated carbocycles. The summed E-state index contributed by atoms with van der Waals surface area (Å²) < 4.78 is 32.4. The molecule has 1 saturated heterocycles. The smallest absolute Gasteiger partial charge is 0.271 e. The fraction of sp³-hybridized carbons (Fsp3) is 0.350. The molecule has 1 fully saturated rings. The average molecular weight is 449 g/mol. The van der Waals surface area contributed by atoms with Gasteiger partial charge >= 0.3 is 0 Å². The molecule has 166 valence electrons. The maximum Gasteiger partial charge on any atom is 0.271 e. The molecule has 0 bridgehead atoms. The molecule has 0 radical (unpaired) electrons. The van der Waals surface area contributed by atoms with Crippen molar-refractivity contribution in [3.05, 3.63) is 58.6 Å². The summed E-state index contributed by atoms with van der Waals surface area (Å²) in [6.07, 6.45) is 0. The van der Waals surface area contributed by atoms with Gasteiger partial charge in [0.05, 0.1) is 23.0 Å². The molecule has 11 heteroatoms. The highest BCUT2D eigenvalue weighted by molar-refractivity contribution is 7.89. The van der Waals surface area contributed by atoms with Crippen molar-refractivity contribution in [3.8, 4) is 5.75 Å². The molecule has 0 aromatic heterocycles. The van der Waals surface area contributed by atoms with Crippen LogP contribution in [0.5, 0.6) is 5.75 Å². The normalized spacial score (nSPS) is 15.4. The molecule has 31 heavy (non-hydrogen) atoms. The lowest BCUT2D eigenvalue weighted by Gasteiger charge is -2.33. The van der Waals surface area contributed by atoms with E-state index < -0.39 is 14.9 Å². The average Bonchev–Trinajstić information content (AvgIpc) is 2.75. The monoisotopic (exact) mass is 448 g/mol. The molecule has 1 N–H and O–H groups in total. The van der Waals surface area contributed by atoms with Crippen LogP contribution in [0.2, 0.25) is 0 Å². The van der Waals surface area contributed by atoms with Crippen LogP contribution < -0.4 is 10.1 Å². The maximum absolute atomic E-state index is 12.8. The molecular formula is C20H24N4O6S. The Kier molecular flexibility index (Phi) is 7.21. The minimum Gasteiger partial charge on any atom is -0.494 e. The van der Waals surface area contributed by atoms with Gasteiger partial charge in [-0.3, -0.25) is 19.8 Å². The van der Waals surface area contributed by atoms with Gasteiger partial charge in [0.2, 0.25) is 15.9 Å². The lowest BCUT2D eigenvalue weighted by molar-refractivity contribution is -0.384. The van der Waals surface area contributed by atoms with Gasteiger partial charge in [-0.1, -0.05) is 6.07 Å². The van der Waals surface area contributed by atoms with Gasteiger partial charge in [-0.2, -0.15) is 4.31 Å². The summed E-state index contributed by atoms with van der Waals surface area (Å²) in [6, 6.07) is 12.0. The van der Waals surface area contributed by atoms with Crippen molar-refractivity contribution in [2.45, 2.75) is 11.8 Å². The number of carbonyl (C=O) groups is 1. The first-order chi connectivity index (χ1) is 14.8. The van der Waals surface area contributed by atoms with Crippen LogP contribution in [0.1, 0.15) is 6.92 Å². The molecule has 0 spiro atoms. The zero-order chi connectivity index (χ0) is 22.4. The van der Waals surface area contributed by atoms with Crippen molar-refractivity contribution in [1.82, 2.24) is 9.21 Å². The van der Waals surface area contributed by atoms with Crippen LogP contribution in [0.4, 0.5) is 11.4 Å².